The summed E-state index contributed by atoms with van der Waals surface area (Å²) in [5, 5.41) is 14.1. The molecule has 5 heteroatoms. The quantitative estimate of drug-likeness (QED) is 0.406. The lowest BCUT2D eigenvalue weighted by Gasteiger charge is -2.09. The highest BCUT2D eigenvalue weighted by atomic mass is 16.4. The number of rotatable bonds is 15. The molecule has 0 bridgehead atoms. The largest absolute Gasteiger partial charge is 0.480 e. The number of carbonyl (C=O) groups excluding carboxylic acids is 1. The normalized spacial score (nSPS) is 12.1. The lowest BCUT2D eigenvalue weighted by atomic mass is 10.1. The van der Waals surface area contributed by atoms with Crippen molar-refractivity contribution in [1.29, 1.82) is 0 Å². The minimum atomic E-state index is -1.01. The fraction of sp³-hybridized carbons (Fsp3) is 0.882. The summed E-state index contributed by atoms with van der Waals surface area (Å²) >= 11 is 0. The van der Waals surface area contributed by atoms with E-state index < -0.39 is 12.0 Å². The standard InChI is InChI=1S/C17H34N2O3/c1-3-4-5-6-7-8-9-10-11-12-13-18-14-16(20)19-15(2)17(21)22/h15,18H,3-14H2,1-2H3,(H,19,20)(H,21,22)/t15-/m0/s1. The molecule has 1 amide bonds. The van der Waals surface area contributed by atoms with Gasteiger partial charge in [-0.05, 0) is 19.9 Å². The lowest BCUT2D eigenvalue weighted by Crippen LogP contribution is -2.42. The first kappa shape index (κ1) is 20.9. The molecule has 0 fully saturated rings. The summed E-state index contributed by atoms with van der Waals surface area (Å²) in [7, 11) is 0. The van der Waals surface area contributed by atoms with E-state index in [1.165, 1.54) is 64.7 Å². The number of nitrogens with one attached hydrogen (secondary N) is 2. The third-order valence-corrected chi connectivity index (χ3v) is 3.74. The van der Waals surface area contributed by atoms with Crippen molar-refractivity contribution in [1.82, 2.24) is 10.6 Å². The van der Waals surface area contributed by atoms with Gasteiger partial charge in [0, 0.05) is 0 Å². The van der Waals surface area contributed by atoms with Crippen molar-refractivity contribution < 1.29 is 14.7 Å². The highest BCUT2D eigenvalue weighted by Gasteiger charge is 2.12. The molecule has 0 saturated carbocycles. The van der Waals surface area contributed by atoms with Crippen LogP contribution in [-0.2, 0) is 9.59 Å². The van der Waals surface area contributed by atoms with Gasteiger partial charge in [0.05, 0.1) is 6.54 Å². The molecule has 0 aromatic heterocycles. The molecule has 0 aliphatic carbocycles. The van der Waals surface area contributed by atoms with E-state index in [0.29, 0.717) is 0 Å². The van der Waals surface area contributed by atoms with Gasteiger partial charge in [-0.2, -0.15) is 0 Å². The Hall–Kier alpha value is -1.10. The van der Waals surface area contributed by atoms with E-state index in [4.69, 9.17) is 5.11 Å². The SMILES string of the molecule is CCCCCCCCCCCCNCC(=O)N[C@@H](C)C(=O)O. The Bertz CT molecular complexity index is 296. The van der Waals surface area contributed by atoms with Crippen LogP contribution < -0.4 is 10.6 Å². The van der Waals surface area contributed by atoms with E-state index in [9.17, 15) is 9.59 Å². The summed E-state index contributed by atoms with van der Waals surface area (Å²) in [4.78, 5) is 22.0. The molecule has 0 aromatic carbocycles. The molecule has 0 aromatic rings. The van der Waals surface area contributed by atoms with E-state index in [1.54, 1.807) is 0 Å². The third-order valence-electron chi connectivity index (χ3n) is 3.74. The first-order chi connectivity index (χ1) is 10.6. The van der Waals surface area contributed by atoms with Crippen LogP contribution in [0.15, 0.2) is 0 Å². The van der Waals surface area contributed by atoms with Gasteiger partial charge in [-0.15, -0.1) is 0 Å². The molecule has 5 nitrogen and oxygen atoms in total. The average Bonchev–Trinajstić information content (AvgIpc) is 2.48. The van der Waals surface area contributed by atoms with Crippen molar-refractivity contribution in [2.24, 2.45) is 0 Å². The number of hydrogen-bond acceptors (Lipinski definition) is 3. The number of unbranched alkanes of at least 4 members (excludes halogenated alkanes) is 9. The fourth-order valence-electron chi connectivity index (χ4n) is 2.29. The number of aliphatic carboxylic acids is 1. The summed E-state index contributed by atoms with van der Waals surface area (Å²) in [5.74, 6) is -1.27. The molecule has 3 N–H and O–H groups in total. The van der Waals surface area contributed by atoms with Gasteiger partial charge >= 0.3 is 5.97 Å². The van der Waals surface area contributed by atoms with Crippen molar-refractivity contribution in [3.05, 3.63) is 0 Å². The van der Waals surface area contributed by atoms with Gasteiger partial charge in [0.2, 0.25) is 5.91 Å². The predicted octanol–water partition coefficient (Wildman–Crippen LogP) is 3.09. The highest BCUT2D eigenvalue weighted by Crippen LogP contribution is 2.10. The second-order valence-corrected chi connectivity index (χ2v) is 5.99. The zero-order chi connectivity index (χ0) is 16.6. The highest BCUT2D eigenvalue weighted by molar-refractivity contribution is 5.84. The first-order valence-corrected chi connectivity index (χ1v) is 8.80. The molecule has 130 valence electrons. The van der Waals surface area contributed by atoms with E-state index in [0.717, 1.165) is 13.0 Å². The Kier molecular flexibility index (Phi) is 14.1. The molecule has 0 aliphatic rings. The minimum Gasteiger partial charge on any atom is -0.480 e. The van der Waals surface area contributed by atoms with Crippen LogP contribution in [0.25, 0.3) is 0 Å². The van der Waals surface area contributed by atoms with Gasteiger partial charge in [-0.1, -0.05) is 64.7 Å². The molecule has 0 aliphatic heterocycles. The Balaban J connectivity index is 3.23. The summed E-state index contributed by atoms with van der Waals surface area (Å²) in [6.45, 7) is 4.70. The van der Waals surface area contributed by atoms with Gasteiger partial charge in [0.1, 0.15) is 6.04 Å². The second kappa shape index (κ2) is 14.8. The smallest absolute Gasteiger partial charge is 0.325 e. The second-order valence-electron chi connectivity index (χ2n) is 5.99. The Morgan fingerprint density at radius 2 is 1.41 bits per heavy atom. The maximum atomic E-state index is 11.4. The minimum absolute atomic E-state index is 0.190. The zero-order valence-corrected chi connectivity index (χ0v) is 14.3. The van der Waals surface area contributed by atoms with E-state index in [-0.39, 0.29) is 12.5 Å². The third kappa shape index (κ3) is 13.9. The van der Waals surface area contributed by atoms with Crippen LogP contribution in [0.4, 0.5) is 0 Å². The number of amides is 1. The Morgan fingerprint density at radius 3 is 1.91 bits per heavy atom. The monoisotopic (exact) mass is 314 g/mol. The van der Waals surface area contributed by atoms with Crippen LogP contribution in [0, 0.1) is 0 Å². The lowest BCUT2D eigenvalue weighted by molar-refractivity contribution is -0.141. The van der Waals surface area contributed by atoms with Gasteiger partial charge in [0.25, 0.3) is 0 Å². The number of hydrogen-bond donors (Lipinski definition) is 3. The van der Waals surface area contributed by atoms with Gasteiger partial charge in [-0.25, -0.2) is 0 Å². The van der Waals surface area contributed by atoms with E-state index in [1.807, 2.05) is 0 Å². The van der Waals surface area contributed by atoms with Crippen molar-refractivity contribution in [3.63, 3.8) is 0 Å². The van der Waals surface area contributed by atoms with Crippen LogP contribution in [0.5, 0.6) is 0 Å². The van der Waals surface area contributed by atoms with Crippen molar-refractivity contribution in [2.75, 3.05) is 13.1 Å². The van der Waals surface area contributed by atoms with Crippen LogP contribution in [0.1, 0.15) is 78.1 Å². The fourth-order valence-corrected chi connectivity index (χ4v) is 2.29. The molecular formula is C17H34N2O3. The molecule has 0 heterocycles. The molecule has 0 spiro atoms. The maximum Gasteiger partial charge on any atom is 0.325 e. The van der Waals surface area contributed by atoms with Gasteiger partial charge in [-0.3, -0.25) is 9.59 Å². The first-order valence-electron chi connectivity index (χ1n) is 8.80. The molecule has 0 unspecified atom stereocenters. The van der Waals surface area contributed by atoms with Crippen LogP contribution in [0.3, 0.4) is 0 Å². The van der Waals surface area contributed by atoms with Crippen molar-refractivity contribution >= 4 is 11.9 Å². The summed E-state index contributed by atoms with van der Waals surface area (Å²) in [6.07, 6.45) is 13.0. The van der Waals surface area contributed by atoms with E-state index in [2.05, 4.69) is 17.6 Å². The van der Waals surface area contributed by atoms with Crippen LogP contribution in [-0.4, -0.2) is 36.1 Å². The van der Waals surface area contributed by atoms with Gasteiger partial charge < -0.3 is 15.7 Å². The summed E-state index contributed by atoms with van der Waals surface area (Å²) < 4.78 is 0. The van der Waals surface area contributed by atoms with Gasteiger partial charge in [0.15, 0.2) is 0 Å². The van der Waals surface area contributed by atoms with Crippen molar-refractivity contribution in [3.8, 4) is 0 Å². The van der Waals surface area contributed by atoms with E-state index >= 15 is 0 Å². The Morgan fingerprint density at radius 1 is 0.909 bits per heavy atom. The van der Waals surface area contributed by atoms with Crippen LogP contribution >= 0.6 is 0 Å². The number of carbonyl (C=O) groups is 2. The maximum absolute atomic E-state index is 11.4. The molecule has 22 heavy (non-hydrogen) atoms. The summed E-state index contributed by atoms with van der Waals surface area (Å²) in [6, 6.07) is -0.827. The number of carboxylic acids is 1. The molecule has 0 saturated heterocycles. The Labute approximate surface area is 135 Å². The zero-order valence-electron chi connectivity index (χ0n) is 14.3. The molecule has 0 radical (unpaired) electrons. The van der Waals surface area contributed by atoms with Crippen molar-refractivity contribution in [2.45, 2.75) is 84.1 Å². The topological polar surface area (TPSA) is 78.4 Å². The predicted molar refractivity (Wildman–Crippen MR) is 90.0 cm³/mol. The average molecular weight is 314 g/mol. The molecule has 0 rings (SSSR count). The number of carboxylic acid groups (broad SMARTS) is 1. The summed E-state index contributed by atoms with van der Waals surface area (Å²) in [5.41, 5.74) is 0. The molecule has 1 atom stereocenters. The van der Waals surface area contributed by atoms with Crippen LogP contribution in [0.2, 0.25) is 0 Å². The molecular weight excluding hydrogens is 280 g/mol.